The standard InChI is InChI=1S/C11H20N2O3/c12-11(16)9-5-1-3-7-13(9)8-4-2-6-10(14)15/h9H,1-8H2,(H2,12,16)(H,14,15). The van der Waals surface area contributed by atoms with Crippen molar-refractivity contribution in [1.29, 1.82) is 0 Å². The van der Waals surface area contributed by atoms with Crippen LogP contribution >= 0.6 is 0 Å². The van der Waals surface area contributed by atoms with Gasteiger partial charge in [-0.1, -0.05) is 6.42 Å². The van der Waals surface area contributed by atoms with Crippen LogP contribution in [0.3, 0.4) is 0 Å². The van der Waals surface area contributed by atoms with E-state index in [0.717, 1.165) is 38.8 Å². The minimum Gasteiger partial charge on any atom is -0.481 e. The highest BCUT2D eigenvalue weighted by atomic mass is 16.4. The minimum absolute atomic E-state index is 0.140. The number of aliphatic carboxylic acids is 1. The second-order valence-electron chi connectivity index (χ2n) is 4.30. The molecule has 1 heterocycles. The molecule has 0 aromatic rings. The maximum atomic E-state index is 11.2. The summed E-state index contributed by atoms with van der Waals surface area (Å²) in [6.07, 6.45) is 4.68. The fourth-order valence-corrected chi connectivity index (χ4v) is 2.17. The van der Waals surface area contributed by atoms with Crippen molar-refractivity contribution in [1.82, 2.24) is 4.90 Å². The van der Waals surface area contributed by atoms with Gasteiger partial charge in [-0.15, -0.1) is 0 Å². The van der Waals surface area contributed by atoms with Gasteiger partial charge in [0.25, 0.3) is 0 Å². The molecule has 1 amide bonds. The molecule has 0 spiro atoms. The normalized spacial score (nSPS) is 21.9. The van der Waals surface area contributed by atoms with Gasteiger partial charge in [-0.05, 0) is 38.8 Å². The minimum atomic E-state index is -0.759. The first kappa shape index (κ1) is 13.0. The van der Waals surface area contributed by atoms with Gasteiger partial charge in [-0.2, -0.15) is 0 Å². The Balaban J connectivity index is 2.27. The number of carboxylic acids is 1. The highest BCUT2D eigenvalue weighted by molar-refractivity contribution is 5.79. The molecule has 1 saturated heterocycles. The van der Waals surface area contributed by atoms with Gasteiger partial charge in [0.1, 0.15) is 0 Å². The molecule has 0 aliphatic carbocycles. The van der Waals surface area contributed by atoms with E-state index in [-0.39, 0.29) is 18.4 Å². The summed E-state index contributed by atoms with van der Waals surface area (Å²) in [5, 5.41) is 8.50. The molecule has 0 saturated carbocycles. The van der Waals surface area contributed by atoms with Crippen LogP contribution in [0.15, 0.2) is 0 Å². The number of likely N-dealkylation sites (tertiary alicyclic amines) is 1. The fourth-order valence-electron chi connectivity index (χ4n) is 2.17. The molecule has 0 radical (unpaired) electrons. The third kappa shape index (κ3) is 4.18. The number of nitrogens with two attached hydrogens (primary N) is 1. The summed E-state index contributed by atoms with van der Waals surface area (Å²) in [5.41, 5.74) is 5.34. The van der Waals surface area contributed by atoms with Crippen LogP contribution in [-0.4, -0.2) is 41.0 Å². The SMILES string of the molecule is NC(=O)C1CCCCN1CCCCC(=O)O. The van der Waals surface area contributed by atoms with Crippen molar-refractivity contribution in [2.75, 3.05) is 13.1 Å². The lowest BCUT2D eigenvalue weighted by Gasteiger charge is -2.33. The first-order valence-electron chi connectivity index (χ1n) is 5.86. The van der Waals surface area contributed by atoms with Crippen molar-refractivity contribution in [3.05, 3.63) is 0 Å². The zero-order chi connectivity index (χ0) is 12.0. The van der Waals surface area contributed by atoms with Crippen LogP contribution in [0.25, 0.3) is 0 Å². The summed E-state index contributed by atoms with van der Waals surface area (Å²) in [4.78, 5) is 23.6. The molecule has 1 aliphatic heterocycles. The number of carbonyl (C=O) groups is 2. The molecule has 1 fully saturated rings. The summed E-state index contributed by atoms with van der Waals surface area (Å²) in [6.45, 7) is 1.68. The molecule has 5 heteroatoms. The van der Waals surface area contributed by atoms with Crippen molar-refractivity contribution in [3.63, 3.8) is 0 Å². The quantitative estimate of drug-likeness (QED) is 0.651. The average Bonchev–Trinajstić information content (AvgIpc) is 2.24. The lowest BCUT2D eigenvalue weighted by molar-refractivity contribution is -0.137. The van der Waals surface area contributed by atoms with Gasteiger partial charge in [0.2, 0.25) is 5.91 Å². The van der Waals surface area contributed by atoms with Gasteiger partial charge >= 0.3 is 5.97 Å². The second kappa shape index (κ2) is 6.48. The van der Waals surface area contributed by atoms with Crippen molar-refractivity contribution >= 4 is 11.9 Å². The van der Waals surface area contributed by atoms with E-state index in [9.17, 15) is 9.59 Å². The Hall–Kier alpha value is -1.10. The molecule has 0 aromatic carbocycles. The third-order valence-corrected chi connectivity index (χ3v) is 3.03. The van der Waals surface area contributed by atoms with Crippen molar-refractivity contribution in [2.24, 2.45) is 5.73 Å². The van der Waals surface area contributed by atoms with Crippen LogP contribution in [0, 0.1) is 0 Å². The van der Waals surface area contributed by atoms with E-state index in [1.54, 1.807) is 0 Å². The monoisotopic (exact) mass is 228 g/mol. The van der Waals surface area contributed by atoms with E-state index in [4.69, 9.17) is 10.8 Å². The average molecular weight is 228 g/mol. The molecule has 0 bridgehead atoms. The summed E-state index contributed by atoms with van der Waals surface area (Å²) >= 11 is 0. The number of unbranched alkanes of at least 4 members (excludes halogenated alkanes) is 1. The molecule has 1 atom stereocenters. The number of carbonyl (C=O) groups excluding carboxylic acids is 1. The largest absolute Gasteiger partial charge is 0.481 e. The van der Waals surface area contributed by atoms with E-state index in [1.807, 2.05) is 0 Å². The number of piperidine rings is 1. The summed E-state index contributed by atoms with van der Waals surface area (Å²) < 4.78 is 0. The molecule has 1 unspecified atom stereocenters. The number of hydrogen-bond acceptors (Lipinski definition) is 3. The van der Waals surface area contributed by atoms with Crippen LogP contribution in [0.5, 0.6) is 0 Å². The van der Waals surface area contributed by atoms with Crippen molar-refractivity contribution < 1.29 is 14.7 Å². The van der Waals surface area contributed by atoms with E-state index >= 15 is 0 Å². The molecule has 16 heavy (non-hydrogen) atoms. The zero-order valence-corrected chi connectivity index (χ0v) is 9.52. The molecule has 1 aliphatic rings. The first-order chi connectivity index (χ1) is 7.61. The number of primary amides is 1. The molecule has 1 rings (SSSR count). The Bertz CT molecular complexity index is 256. The molecule has 3 N–H and O–H groups in total. The Morgan fingerprint density at radius 1 is 1.31 bits per heavy atom. The summed E-state index contributed by atoms with van der Waals surface area (Å²) in [6, 6.07) is -0.140. The number of rotatable bonds is 6. The second-order valence-corrected chi connectivity index (χ2v) is 4.30. The van der Waals surface area contributed by atoms with Gasteiger partial charge in [-0.3, -0.25) is 14.5 Å². The molecular weight excluding hydrogens is 208 g/mol. The van der Waals surface area contributed by atoms with E-state index in [0.29, 0.717) is 6.42 Å². The number of hydrogen-bond donors (Lipinski definition) is 2. The Morgan fingerprint density at radius 2 is 2.06 bits per heavy atom. The Labute approximate surface area is 95.6 Å². The van der Waals surface area contributed by atoms with Crippen LogP contribution in [0.1, 0.15) is 38.5 Å². The highest BCUT2D eigenvalue weighted by Crippen LogP contribution is 2.17. The molecular formula is C11H20N2O3. The fraction of sp³-hybridized carbons (Fsp3) is 0.818. The van der Waals surface area contributed by atoms with Crippen LogP contribution in [0.2, 0.25) is 0 Å². The topological polar surface area (TPSA) is 83.6 Å². The lowest BCUT2D eigenvalue weighted by atomic mass is 10.0. The third-order valence-electron chi connectivity index (χ3n) is 3.03. The predicted molar refractivity (Wildman–Crippen MR) is 59.9 cm³/mol. The predicted octanol–water partition coefficient (Wildman–Crippen LogP) is 0.581. The Kier molecular flexibility index (Phi) is 5.25. The molecule has 92 valence electrons. The molecule has 5 nitrogen and oxygen atoms in total. The molecule has 0 aromatic heterocycles. The van der Waals surface area contributed by atoms with E-state index in [1.165, 1.54) is 0 Å². The van der Waals surface area contributed by atoms with Crippen molar-refractivity contribution in [3.8, 4) is 0 Å². The number of carboxylic acid groups (broad SMARTS) is 1. The van der Waals surface area contributed by atoms with Crippen LogP contribution in [-0.2, 0) is 9.59 Å². The Morgan fingerprint density at radius 3 is 2.69 bits per heavy atom. The maximum absolute atomic E-state index is 11.2. The van der Waals surface area contributed by atoms with Gasteiger partial charge in [0.05, 0.1) is 6.04 Å². The van der Waals surface area contributed by atoms with Gasteiger partial charge in [0.15, 0.2) is 0 Å². The lowest BCUT2D eigenvalue weighted by Crippen LogP contribution is -2.47. The smallest absolute Gasteiger partial charge is 0.303 e. The number of amides is 1. The summed E-state index contributed by atoms with van der Waals surface area (Å²) in [7, 11) is 0. The first-order valence-corrected chi connectivity index (χ1v) is 5.86. The summed E-state index contributed by atoms with van der Waals surface area (Å²) in [5.74, 6) is -1.01. The van der Waals surface area contributed by atoms with Crippen LogP contribution < -0.4 is 5.73 Å². The van der Waals surface area contributed by atoms with Gasteiger partial charge in [0, 0.05) is 6.42 Å². The highest BCUT2D eigenvalue weighted by Gasteiger charge is 2.25. The number of nitrogens with zero attached hydrogens (tertiary/aromatic N) is 1. The van der Waals surface area contributed by atoms with Gasteiger partial charge < -0.3 is 10.8 Å². The van der Waals surface area contributed by atoms with Crippen LogP contribution in [0.4, 0.5) is 0 Å². The maximum Gasteiger partial charge on any atom is 0.303 e. The zero-order valence-electron chi connectivity index (χ0n) is 9.52. The van der Waals surface area contributed by atoms with Crippen molar-refractivity contribution in [2.45, 2.75) is 44.6 Å². The van der Waals surface area contributed by atoms with Gasteiger partial charge in [-0.25, -0.2) is 0 Å². The van der Waals surface area contributed by atoms with E-state index in [2.05, 4.69) is 4.90 Å². The van der Waals surface area contributed by atoms with E-state index < -0.39 is 5.97 Å².